The smallest absolute Gasteiger partial charge is 0.120 e. The van der Waals surface area contributed by atoms with Gasteiger partial charge in [0, 0.05) is 19.3 Å². The second-order valence-corrected chi connectivity index (χ2v) is 3.45. The van der Waals surface area contributed by atoms with Gasteiger partial charge in [-0.1, -0.05) is 6.92 Å². The van der Waals surface area contributed by atoms with Crippen molar-refractivity contribution in [2.45, 2.75) is 26.2 Å². The molecule has 1 heterocycles. The first-order valence-electron chi connectivity index (χ1n) is 4.04. The Morgan fingerprint density at radius 2 is 2.18 bits per heavy atom. The van der Waals surface area contributed by atoms with E-state index in [9.17, 15) is 4.79 Å². The number of ether oxygens (including phenoxy) is 1. The second kappa shape index (κ2) is 3.70. The van der Waals surface area contributed by atoms with Gasteiger partial charge in [-0.3, -0.25) is 0 Å². The van der Waals surface area contributed by atoms with E-state index in [0.29, 0.717) is 0 Å². The third-order valence-corrected chi connectivity index (χ3v) is 2.38. The summed E-state index contributed by atoms with van der Waals surface area (Å²) in [4.78, 5) is 9.98. The predicted molar refractivity (Wildman–Crippen MR) is 43.0 cm³/mol. The van der Waals surface area contributed by atoms with Gasteiger partial charge in [0.2, 0.25) is 0 Å². The van der Waals surface area contributed by atoms with Crippen molar-refractivity contribution in [1.29, 1.82) is 0 Å². The Morgan fingerprint density at radius 1 is 1.55 bits per heavy atom. The molecule has 0 spiro atoms. The molecule has 0 aliphatic carbocycles. The normalized spacial score (nSPS) is 22.3. The molecule has 2 nitrogen and oxygen atoms in total. The number of carbonyl (C=O) groups excluding carboxylic acids is 1. The maximum atomic E-state index is 9.98. The third-order valence-electron chi connectivity index (χ3n) is 2.38. The Morgan fingerprint density at radius 3 is 2.73 bits per heavy atom. The van der Waals surface area contributed by atoms with Crippen LogP contribution in [0.4, 0.5) is 0 Å². The van der Waals surface area contributed by atoms with Gasteiger partial charge in [-0.2, -0.15) is 0 Å². The summed E-state index contributed by atoms with van der Waals surface area (Å²) in [6.45, 7) is 3.87. The largest absolute Gasteiger partial charge is 0.381 e. The summed E-state index contributed by atoms with van der Waals surface area (Å²) in [6.07, 6.45) is 4.56. The summed E-state index contributed by atoms with van der Waals surface area (Å²) in [7, 11) is 0. The highest BCUT2D eigenvalue weighted by Crippen LogP contribution is 2.33. The fourth-order valence-corrected chi connectivity index (χ4v) is 1.36. The maximum Gasteiger partial charge on any atom is 0.120 e. The van der Waals surface area contributed by atoms with Crippen molar-refractivity contribution in [1.82, 2.24) is 0 Å². The van der Waals surface area contributed by atoms with E-state index in [1.165, 1.54) is 0 Å². The van der Waals surface area contributed by atoms with Crippen LogP contribution in [-0.2, 0) is 9.53 Å². The summed E-state index contributed by atoms with van der Waals surface area (Å²) in [5, 5.41) is 0. The van der Waals surface area contributed by atoms with Gasteiger partial charge < -0.3 is 4.74 Å². The fourth-order valence-electron chi connectivity index (χ4n) is 1.36. The van der Waals surface area contributed by atoms with Crippen LogP contribution in [0, 0.1) is 5.41 Å². The lowest BCUT2D eigenvalue weighted by Gasteiger charge is -2.31. The monoisotopic (exact) mass is 154 g/mol. The lowest BCUT2D eigenvalue weighted by atomic mass is 9.79. The Bertz CT molecular complexity index is 162. The van der Waals surface area contributed by atoms with Crippen LogP contribution in [0.1, 0.15) is 26.2 Å². The fraction of sp³-hybridized carbons (Fsp3) is 0.778. The summed E-state index contributed by atoms with van der Waals surface area (Å²) < 4.78 is 5.23. The SMILES string of the molecule is CC1(CC=C=O)CCOCC1. The van der Waals surface area contributed by atoms with Gasteiger partial charge in [0.25, 0.3) is 0 Å². The van der Waals surface area contributed by atoms with Crippen molar-refractivity contribution in [3.63, 3.8) is 0 Å². The van der Waals surface area contributed by atoms with Gasteiger partial charge in [-0.05, 0) is 24.7 Å². The van der Waals surface area contributed by atoms with Gasteiger partial charge in [-0.25, -0.2) is 4.79 Å². The first kappa shape index (κ1) is 8.51. The average Bonchev–Trinajstić information content (AvgIpc) is 2.03. The van der Waals surface area contributed by atoms with E-state index in [-0.39, 0.29) is 5.41 Å². The molecular formula is C9H14O2. The number of rotatable bonds is 2. The van der Waals surface area contributed by atoms with Crippen LogP contribution < -0.4 is 0 Å². The van der Waals surface area contributed by atoms with Crippen LogP contribution in [0.2, 0.25) is 0 Å². The first-order chi connectivity index (χ1) is 5.27. The molecule has 62 valence electrons. The van der Waals surface area contributed by atoms with Crippen LogP contribution in [0.3, 0.4) is 0 Å². The van der Waals surface area contributed by atoms with E-state index < -0.39 is 0 Å². The molecule has 0 aromatic heterocycles. The van der Waals surface area contributed by atoms with Crippen molar-refractivity contribution >= 4 is 5.94 Å². The standard InChI is InChI=1S/C9H14O2/c1-9(3-2-6-10)4-7-11-8-5-9/h2H,3-5,7-8H2,1H3. The highest BCUT2D eigenvalue weighted by atomic mass is 16.5. The Balaban J connectivity index is 2.42. The van der Waals surface area contributed by atoms with Crippen LogP contribution in [-0.4, -0.2) is 19.2 Å². The molecule has 0 radical (unpaired) electrons. The summed E-state index contributed by atoms with van der Waals surface area (Å²) in [6, 6.07) is 0. The quantitative estimate of drug-likeness (QED) is 0.564. The minimum absolute atomic E-state index is 0.287. The Hall–Kier alpha value is -0.590. The van der Waals surface area contributed by atoms with Crippen LogP contribution >= 0.6 is 0 Å². The maximum absolute atomic E-state index is 9.98. The molecule has 11 heavy (non-hydrogen) atoms. The van der Waals surface area contributed by atoms with Crippen molar-refractivity contribution in [2.75, 3.05) is 13.2 Å². The lowest BCUT2D eigenvalue weighted by molar-refractivity contribution is 0.0254. The van der Waals surface area contributed by atoms with Gasteiger partial charge in [0.1, 0.15) is 5.94 Å². The molecule has 1 fully saturated rings. The van der Waals surface area contributed by atoms with Crippen molar-refractivity contribution in [3.05, 3.63) is 6.08 Å². The number of allylic oxidation sites excluding steroid dienone is 1. The molecule has 0 amide bonds. The molecule has 0 unspecified atom stereocenters. The highest BCUT2D eigenvalue weighted by Gasteiger charge is 2.25. The molecule has 2 heteroatoms. The van der Waals surface area contributed by atoms with E-state index in [2.05, 4.69) is 6.92 Å². The van der Waals surface area contributed by atoms with Crippen molar-refractivity contribution in [2.24, 2.45) is 5.41 Å². The summed E-state index contributed by atoms with van der Waals surface area (Å²) in [5.74, 6) is 1.82. The zero-order chi connectivity index (χ0) is 8.16. The second-order valence-electron chi connectivity index (χ2n) is 3.45. The molecule has 1 aliphatic heterocycles. The molecule has 0 saturated carbocycles. The zero-order valence-electron chi connectivity index (χ0n) is 6.93. The van der Waals surface area contributed by atoms with E-state index in [4.69, 9.17) is 4.74 Å². The van der Waals surface area contributed by atoms with E-state index in [1.54, 1.807) is 6.08 Å². The number of hydrogen-bond acceptors (Lipinski definition) is 2. The van der Waals surface area contributed by atoms with Crippen LogP contribution in [0.5, 0.6) is 0 Å². The van der Waals surface area contributed by atoms with E-state index >= 15 is 0 Å². The first-order valence-corrected chi connectivity index (χ1v) is 4.04. The molecular weight excluding hydrogens is 140 g/mol. The minimum atomic E-state index is 0.287. The number of hydrogen-bond donors (Lipinski definition) is 0. The van der Waals surface area contributed by atoms with Crippen molar-refractivity contribution in [3.8, 4) is 0 Å². The van der Waals surface area contributed by atoms with Gasteiger partial charge in [-0.15, -0.1) is 0 Å². The summed E-state index contributed by atoms with van der Waals surface area (Å²) >= 11 is 0. The molecule has 1 saturated heterocycles. The third kappa shape index (κ3) is 2.49. The molecule has 0 atom stereocenters. The van der Waals surface area contributed by atoms with E-state index in [0.717, 1.165) is 32.5 Å². The zero-order valence-corrected chi connectivity index (χ0v) is 6.93. The van der Waals surface area contributed by atoms with Gasteiger partial charge >= 0.3 is 0 Å². The predicted octanol–water partition coefficient (Wildman–Crippen LogP) is 1.58. The molecule has 0 aromatic carbocycles. The molecule has 0 N–H and O–H groups in total. The van der Waals surface area contributed by atoms with Crippen LogP contribution in [0.15, 0.2) is 6.08 Å². The minimum Gasteiger partial charge on any atom is -0.381 e. The van der Waals surface area contributed by atoms with Gasteiger partial charge in [0.15, 0.2) is 0 Å². The topological polar surface area (TPSA) is 26.3 Å². The molecule has 0 bridgehead atoms. The molecule has 0 aromatic rings. The van der Waals surface area contributed by atoms with Crippen molar-refractivity contribution < 1.29 is 9.53 Å². The Labute approximate surface area is 67.2 Å². The highest BCUT2D eigenvalue weighted by molar-refractivity contribution is 5.44. The van der Waals surface area contributed by atoms with Crippen LogP contribution in [0.25, 0.3) is 0 Å². The summed E-state index contributed by atoms with van der Waals surface area (Å²) in [5.41, 5.74) is 0.287. The molecule has 1 rings (SSSR count). The molecule has 1 aliphatic rings. The lowest BCUT2D eigenvalue weighted by Crippen LogP contribution is -2.25. The van der Waals surface area contributed by atoms with Gasteiger partial charge in [0.05, 0.1) is 0 Å². The van der Waals surface area contributed by atoms with E-state index in [1.807, 2.05) is 5.94 Å². The average molecular weight is 154 g/mol. The Kier molecular flexibility index (Phi) is 2.86.